The van der Waals surface area contributed by atoms with Gasteiger partial charge in [0.25, 0.3) is 5.56 Å². The number of nitrogens with one attached hydrogen (secondary N) is 1. The average Bonchev–Trinajstić information content (AvgIpc) is 2.68. The van der Waals surface area contributed by atoms with Gasteiger partial charge in [-0.1, -0.05) is 0 Å². The zero-order chi connectivity index (χ0) is 14.0. The first-order valence-electron chi connectivity index (χ1n) is 5.66. The van der Waals surface area contributed by atoms with Gasteiger partial charge < -0.3 is 20.8 Å². The summed E-state index contributed by atoms with van der Waals surface area (Å²) in [5.41, 5.74) is 5.34. The van der Waals surface area contributed by atoms with Crippen molar-refractivity contribution in [1.29, 1.82) is 0 Å². The smallest absolute Gasteiger partial charge is 0.280 e. The maximum atomic E-state index is 11.6. The molecule has 0 bridgehead atoms. The second kappa shape index (κ2) is 5.24. The maximum absolute atomic E-state index is 11.6. The summed E-state index contributed by atoms with van der Waals surface area (Å²) in [6.45, 7) is 1.29. The lowest BCUT2D eigenvalue weighted by Gasteiger charge is -2.13. The number of hydrogen-bond donors (Lipinski definition) is 4. The highest BCUT2D eigenvalue weighted by Gasteiger charge is 2.15. The largest absolute Gasteiger partial charge is 0.410 e. The number of imidazole rings is 1. The quantitative estimate of drug-likeness (QED) is 0.494. The minimum atomic E-state index is -0.450. The lowest BCUT2D eigenvalue weighted by atomic mass is 10.2. The third kappa shape index (κ3) is 2.51. The van der Waals surface area contributed by atoms with Crippen LogP contribution < -0.4 is 16.1 Å². The van der Waals surface area contributed by atoms with Crippen LogP contribution in [0.5, 0.6) is 0 Å². The lowest BCUT2D eigenvalue weighted by molar-refractivity contribution is 0.0365. The number of aliphatic hydroxyl groups excluding tert-OH is 2. The molecule has 2 aromatic heterocycles. The fourth-order valence-electron chi connectivity index (χ4n) is 1.57. The molecule has 0 saturated carbocycles. The third-order valence-electron chi connectivity index (χ3n) is 2.61. The summed E-state index contributed by atoms with van der Waals surface area (Å²) < 4.78 is 1.26. The Morgan fingerprint density at radius 2 is 2.11 bits per heavy atom. The number of anilines is 1. The van der Waals surface area contributed by atoms with E-state index in [1.807, 2.05) is 0 Å². The Morgan fingerprint density at radius 3 is 2.74 bits per heavy atom. The molecule has 104 valence electrons. The molecule has 0 spiro atoms. The standard InChI is InChI=1S/C10H15N5O4/c1-5-12-7-8(13-10(11)14-9(7)18)15(5)19-4-6(2-16)3-17/h6,16-17H,2-4H2,1H3,(H3,11,13,14,18). The molecular formula is C10H15N5O4. The first-order valence-corrected chi connectivity index (χ1v) is 5.66. The van der Waals surface area contributed by atoms with E-state index in [0.29, 0.717) is 5.82 Å². The van der Waals surface area contributed by atoms with E-state index in [4.69, 9.17) is 20.8 Å². The van der Waals surface area contributed by atoms with E-state index in [0.717, 1.165) is 0 Å². The van der Waals surface area contributed by atoms with Crippen LogP contribution in [0.3, 0.4) is 0 Å². The van der Waals surface area contributed by atoms with Crippen LogP contribution in [0.1, 0.15) is 5.82 Å². The number of aromatic amines is 1. The van der Waals surface area contributed by atoms with Crippen molar-refractivity contribution in [3.05, 3.63) is 16.2 Å². The molecule has 0 radical (unpaired) electrons. The van der Waals surface area contributed by atoms with E-state index in [-0.39, 0.29) is 36.9 Å². The molecule has 0 atom stereocenters. The van der Waals surface area contributed by atoms with Crippen molar-refractivity contribution in [3.63, 3.8) is 0 Å². The number of nitrogens with two attached hydrogens (primary N) is 1. The van der Waals surface area contributed by atoms with Crippen molar-refractivity contribution >= 4 is 17.1 Å². The summed E-state index contributed by atoms with van der Waals surface area (Å²) in [5, 5.41) is 17.9. The second-order valence-electron chi connectivity index (χ2n) is 4.10. The molecule has 19 heavy (non-hydrogen) atoms. The van der Waals surface area contributed by atoms with Gasteiger partial charge in [-0.2, -0.15) is 4.98 Å². The molecule has 0 saturated heterocycles. The molecule has 9 heteroatoms. The third-order valence-corrected chi connectivity index (χ3v) is 2.61. The van der Waals surface area contributed by atoms with E-state index >= 15 is 0 Å². The van der Waals surface area contributed by atoms with Crippen LogP contribution in [0, 0.1) is 12.8 Å². The molecule has 2 aromatic rings. The Kier molecular flexibility index (Phi) is 3.67. The molecule has 0 aromatic carbocycles. The number of nitrogen functional groups attached to an aromatic ring is 1. The van der Waals surface area contributed by atoms with Gasteiger partial charge in [-0.25, -0.2) is 4.98 Å². The van der Waals surface area contributed by atoms with Gasteiger partial charge in [-0.3, -0.25) is 9.78 Å². The molecule has 0 amide bonds. The normalized spacial score (nSPS) is 11.4. The topological polar surface area (TPSA) is 139 Å². The SMILES string of the molecule is Cc1nc2c(=O)[nH]c(N)nc2n1OCC(CO)CO. The summed E-state index contributed by atoms with van der Waals surface area (Å²) in [6, 6.07) is 0. The fraction of sp³-hybridized carbons (Fsp3) is 0.500. The molecule has 5 N–H and O–H groups in total. The van der Waals surface area contributed by atoms with Gasteiger partial charge in [0.1, 0.15) is 12.4 Å². The van der Waals surface area contributed by atoms with Gasteiger partial charge in [-0.15, -0.1) is 4.73 Å². The van der Waals surface area contributed by atoms with Crippen molar-refractivity contribution in [3.8, 4) is 0 Å². The van der Waals surface area contributed by atoms with Crippen LogP contribution in [0.2, 0.25) is 0 Å². The summed E-state index contributed by atoms with van der Waals surface area (Å²) in [7, 11) is 0. The highest BCUT2D eigenvalue weighted by Crippen LogP contribution is 2.09. The number of aliphatic hydroxyl groups is 2. The number of nitrogens with zero attached hydrogens (tertiary/aromatic N) is 3. The van der Waals surface area contributed by atoms with Crippen LogP contribution in [0.15, 0.2) is 4.79 Å². The van der Waals surface area contributed by atoms with Gasteiger partial charge >= 0.3 is 0 Å². The van der Waals surface area contributed by atoms with Crippen LogP contribution in [-0.2, 0) is 0 Å². The van der Waals surface area contributed by atoms with Crippen LogP contribution in [0.25, 0.3) is 11.2 Å². The van der Waals surface area contributed by atoms with Crippen molar-refractivity contribution < 1.29 is 15.1 Å². The van der Waals surface area contributed by atoms with Gasteiger partial charge in [0.15, 0.2) is 5.52 Å². The summed E-state index contributed by atoms with van der Waals surface area (Å²) in [5.74, 6) is -0.0347. The number of hydrogen-bond acceptors (Lipinski definition) is 7. The van der Waals surface area contributed by atoms with Gasteiger partial charge in [0, 0.05) is 5.92 Å². The van der Waals surface area contributed by atoms with Gasteiger partial charge in [0.05, 0.1) is 13.2 Å². The van der Waals surface area contributed by atoms with Crippen molar-refractivity contribution in [2.75, 3.05) is 25.6 Å². The zero-order valence-corrected chi connectivity index (χ0v) is 10.3. The first kappa shape index (κ1) is 13.3. The molecule has 2 heterocycles. The number of fused-ring (bicyclic) bond motifs is 1. The van der Waals surface area contributed by atoms with E-state index in [1.54, 1.807) is 6.92 Å². The summed E-state index contributed by atoms with van der Waals surface area (Å²) in [6.07, 6.45) is 0. The molecule has 0 aliphatic heterocycles. The molecule has 0 fully saturated rings. The Hall–Kier alpha value is -2.13. The minimum Gasteiger partial charge on any atom is -0.410 e. The number of rotatable bonds is 5. The average molecular weight is 269 g/mol. The maximum Gasteiger partial charge on any atom is 0.280 e. The van der Waals surface area contributed by atoms with Crippen molar-refractivity contribution in [1.82, 2.24) is 19.7 Å². The molecule has 0 aliphatic carbocycles. The highest BCUT2D eigenvalue weighted by atomic mass is 16.7. The number of H-pyrrole nitrogens is 1. The number of aromatic nitrogens is 4. The van der Waals surface area contributed by atoms with E-state index in [2.05, 4.69) is 15.0 Å². The Balaban J connectivity index is 2.37. The highest BCUT2D eigenvalue weighted by molar-refractivity contribution is 5.70. The Bertz CT molecular complexity index is 631. The predicted octanol–water partition coefficient (Wildman–Crippen LogP) is -1.96. The molecule has 0 aliphatic rings. The molecule has 9 nitrogen and oxygen atoms in total. The van der Waals surface area contributed by atoms with E-state index in [9.17, 15) is 4.79 Å². The lowest BCUT2D eigenvalue weighted by Crippen LogP contribution is -2.26. The van der Waals surface area contributed by atoms with Gasteiger partial charge in [-0.05, 0) is 6.92 Å². The fourth-order valence-corrected chi connectivity index (χ4v) is 1.57. The molecule has 0 unspecified atom stereocenters. The minimum absolute atomic E-state index is 0.0388. The molecule has 2 rings (SSSR count). The van der Waals surface area contributed by atoms with Gasteiger partial charge in [0.2, 0.25) is 11.6 Å². The van der Waals surface area contributed by atoms with Crippen molar-refractivity contribution in [2.45, 2.75) is 6.92 Å². The summed E-state index contributed by atoms with van der Waals surface area (Å²) in [4.78, 5) is 27.4. The Labute approximate surface area is 107 Å². The first-order chi connectivity index (χ1) is 9.06. The summed E-state index contributed by atoms with van der Waals surface area (Å²) >= 11 is 0. The zero-order valence-electron chi connectivity index (χ0n) is 10.3. The van der Waals surface area contributed by atoms with Crippen LogP contribution >= 0.6 is 0 Å². The van der Waals surface area contributed by atoms with Crippen LogP contribution in [0.4, 0.5) is 5.95 Å². The number of aryl methyl sites for hydroxylation is 1. The van der Waals surface area contributed by atoms with Crippen LogP contribution in [-0.4, -0.2) is 49.7 Å². The second-order valence-corrected chi connectivity index (χ2v) is 4.10. The van der Waals surface area contributed by atoms with Crippen molar-refractivity contribution in [2.24, 2.45) is 5.92 Å². The monoisotopic (exact) mass is 269 g/mol. The predicted molar refractivity (Wildman–Crippen MR) is 66.4 cm³/mol. The van der Waals surface area contributed by atoms with E-state index in [1.165, 1.54) is 4.73 Å². The van der Waals surface area contributed by atoms with E-state index < -0.39 is 11.5 Å². The molecular weight excluding hydrogens is 254 g/mol. The Morgan fingerprint density at radius 1 is 1.42 bits per heavy atom.